The number of amides is 2. The van der Waals surface area contributed by atoms with E-state index < -0.39 is 0 Å². The van der Waals surface area contributed by atoms with Crippen molar-refractivity contribution < 1.29 is 9.53 Å². The predicted octanol–water partition coefficient (Wildman–Crippen LogP) is 2.94. The number of nitrogens with zero attached hydrogens (tertiary/aromatic N) is 1. The molecule has 0 unspecified atom stereocenters. The van der Waals surface area contributed by atoms with E-state index >= 15 is 0 Å². The minimum atomic E-state index is -0.0491. The average Bonchev–Trinajstić information content (AvgIpc) is 2.25. The molecule has 4 heteroatoms. The third-order valence-electron chi connectivity index (χ3n) is 3.18. The zero-order chi connectivity index (χ0) is 14.0. The molecule has 0 saturated carbocycles. The summed E-state index contributed by atoms with van der Waals surface area (Å²) in [4.78, 5) is 14.1. The van der Waals surface area contributed by atoms with Crippen LogP contribution in [0.5, 0.6) is 0 Å². The van der Waals surface area contributed by atoms with Gasteiger partial charge in [-0.05, 0) is 51.0 Å². The third kappa shape index (κ3) is 3.70. The number of aryl methyl sites for hydroxylation is 2. The second-order valence-corrected chi connectivity index (χ2v) is 5.47. The summed E-state index contributed by atoms with van der Waals surface area (Å²) < 4.78 is 5.63. The molecule has 1 heterocycles. The largest absolute Gasteiger partial charge is 0.372 e. The molecule has 0 spiro atoms. The Hall–Kier alpha value is -1.55. The molecule has 1 fully saturated rings. The van der Waals surface area contributed by atoms with E-state index in [2.05, 4.69) is 11.4 Å². The number of hydrogen-bond acceptors (Lipinski definition) is 2. The Morgan fingerprint density at radius 2 is 1.68 bits per heavy atom. The van der Waals surface area contributed by atoms with Gasteiger partial charge in [-0.3, -0.25) is 0 Å². The van der Waals surface area contributed by atoms with Crippen LogP contribution in [0.15, 0.2) is 18.2 Å². The van der Waals surface area contributed by atoms with Crippen molar-refractivity contribution in [1.82, 2.24) is 4.90 Å². The lowest BCUT2D eigenvalue weighted by Gasteiger charge is -2.35. The van der Waals surface area contributed by atoms with Gasteiger partial charge in [-0.2, -0.15) is 0 Å². The molecule has 1 aromatic carbocycles. The fourth-order valence-electron chi connectivity index (χ4n) is 2.59. The number of carbonyl (C=O) groups excluding carboxylic acids is 1. The summed E-state index contributed by atoms with van der Waals surface area (Å²) in [5, 5.41) is 2.97. The highest BCUT2D eigenvalue weighted by molar-refractivity contribution is 5.89. The highest BCUT2D eigenvalue weighted by Gasteiger charge is 2.25. The molecule has 0 aromatic heterocycles. The lowest BCUT2D eigenvalue weighted by molar-refractivity contribution is -0.0530. The summed E-state index contributed by atoms with van der Waals surface area (Å²) in [5.41, 5.74) is 3.16. The molecule has 1 aliphatic rings. The van der Waals surface area contributed by atoms with Crippen LogP contribution in [0.4, 0.5) is 10.5 Å². The Morgan fingerprint density at radius 1 is 1.16 bits per heavy atom. The normalized spacial score (nSPS) is 23.3. The number of anilines is 1. The fraction of sp³-hybridized carbons (Fsp3) is 0.533. The van der Waals surface area contributed by atoms with Crippen LogP contribution in [0.3, 0.4) is 0 Å². The van der Waals surface area contributed by atoms with E-state index in [1.54, 1.807) is 0 Å². The van der Waals surface area contributed by atoms with Crippen LogP contribution in [0.2, 0.25) is 0 Å². The first-order chi connectivity index (χ1) is 8.94. The van der Waals surface area contributed by atoms with Crippen molar-refractivity contribution >= 4 is 11.7 Å². The van der Waals surface area contributed by atoms with Crippen LogP contribution < -0.4 is 5.32 Å². The second kappa shape index (κ2) is 5.61. The van der Waals surface area contributed by atoms with Gasteiger partial charge in [-0.1, -0.05) is 6.07 Å². The lowest BCUT2D eigenvalue weighted by atomic mass is 10.1. The van der Waals surface area contributed by atoms with E-state index in [9.17, 15) is 4.79 Å². The number of morpholine rings is 1. The summed E-state index contributed by atoms with van der Waals surface area (Å²) in [6.07, 6.45) is 0.183. The smallest absolute Gasteiger partial charge is 0.322 e. The van der Waals surface area contributed by atoms with Crippen molar-refractivity contribution in [3.63, 3.8) is 0 Å². The van der Waals surface area contributed by atoms with E-state index in [4.69, 9.17) is 4.74 Å². The molecular weight excluding hydrogens is 240 g/mol. The van der Waals surface area contributed by atoms with Gasteiger partial charge in [0.1, 0.15) is 0 Å². The zero-order valence-corrected chi connectivity index (χ0v) is 12.1. The van der Waals surface area contributed by atoms with Crippen molar-refractivity contribution in [3.8, 4) is 0 Å². The predicted molar refractivity (Wildman–Crippen MR) is 76.5 cm³/mol. The highest BCUT2D eigenvalue weighted by atomic mass is 16.5. The van der Waals surface area contributed by atoms with Gasteiger partial charge in [0, 0.05) is 18.8 Å². The molecule has 0 bridgehead atoms. The molecule has 2 amide bonds. The number of carbonyl (C=O) groups is 1. The van der Waals surface area contributed by atoms with Crippen molar-refractivity contribution in [2.45, 2.75) is 39.9 Å². The molecule has 2 rings (SSSR count). The van der Waals surface area contributed by atoms with Crippen LogP contribution in [0, 0.1) is 13.8 Å². The summed E-state index contributed by atoms with van der Waals surface area (Å²) in [6, 6.07) is 6.01. The van der Waals surface area contributed by atoms with E-state index in [0.717, 1.165) is 16.8 Å². The Kier molecular flexibility index (Phi) is 4.10. The van der Waals surface area contributed by atoms with Gasteiger partial charge in [0.2, 0.25) is 0 Å². The first-order valence-corrected chi connectivity index (χ1v) is 6.73. The minimum Gasteiger partial charge on any atom is -0.372 e. The summed E-state index contributed by atoms with van der Waals surface area (Å²) in [6.45, 7) is 9.32. The van der Waals surface area contributed by atoms with Gasteiger partial charge in [0.05, 0.1) is 12.2 Å². The molecule has 4 nitrogen and oxygen atoms in total. The minimum absolute atomic E-state index is 0.0491. The van der Waals surface area contributed by atoms with Gasteiger partial charge in [0.25, 0.3) is 0 Å². The number of ether oxygens (including phenoxy) is 1. The Bertz CT molecular complexity index is 443. The van der Waals surface area contributed by atoms with Crippen molar-refractivity contribution in [2.24, 2.45) is 0 Å². The van der Waals surface area contributed by atoms with Crippen LogP contribution >= 0.6 is 0 Å². The van der Waals surface area contributed by atoms with Crippen LogP contribution in [-0.4, -0.2) is 36.2 Å². The lowest BCUT2D eigenvalue weighted by Crippen LogP contribution is -2.49. The average molecular weight is 262 g/mol. The quantitative estimate of drug-likeness (QED) is 0.845. The third-order valence-corrected chi connectivity index (χ3v) is 3.18. The Labute approximate surface area is 114 Å². The number of rotatable bonds is 1. The van der Waals surface area contributed by atoms with E-state index in [1.165, 1.54) is 0 Å². The maximum Gasteiger partial charge on any atom is 0.322 e. The topological polar surface area (TPSA) is 41.6 Å². The van der Waals surface area contributed by atoms with Crippen LogP contribution in [-0.2, 0) is 4.74 Å². The van der Waals surface area contributed by atoms with Gasteiger partial charge < -0.3 is 15.0 Å². The molecule has 1 aliphatic heterocycles. The monoisotopic (exact) mass is 262 g/mol. The summed E-state index contributed by atoms with van der Waals surface area (Å²) in [5.74, 6) is 0. The maximum absolute atomic E-state index is 12.2. The standard InChI is InChI=1S/C15H22N2O2/c1-10-5-11(2)7-14(6-10)16-15(18)17-8-12(3)19-13(4)9-17/h5-7,12-13H,8-9H2,1-4H3,(H,16,18)/t12-,13-/m1/s1. The van der Waals surface area contributed by atoms with Crippen molar-refractivity contribution in [3.05, 3.63) is 29.3 Å². The van der Waals surface area contributed by atoms with Crippen molar-refractivity contribution in [1.29, 1.82) is 0 Å². The van der Waals surface area contributed by atoms with Crippen LogP contribution in [0.25, 0.3) is 0 Å². The first-order valence-electron chi connectivity index (χ1n) is 6.73. The number of urea groups is 1. The number of hydrogen-bond donors (Lipinski definition) is 1. The SMILES string of the molecule is Cc1cc(C)cc(NC(=O)N2C[C@@H](C)O[C@H](C)C2)c1. The molecule has 19 heavy (non-hydrogen) atoms. The molecule has 1 aromatic rings. The molecule has 0 radical (unpaired) electrons. The Balaban J connectivity index is 2.04. The zero-order valence-electron chi connectivity index (χ0n) is 12.1. The molecule has 1 saturated heterocycles. The molecule has 104 valence electrons. The first kappa shape index (κ1) is 13.9. The van der Waals surface area contributed by atoms with Gasteiger partial charge in [0.15, 0.2) is 0 Å². The molecule has 0 aliphatic carbocycles. The number of benzene rings is 1. The van der Waals surface area contributed by atoms with Gasteiger partial charge in [-0.15, -0.1) is 0 Å². The maximum atomic E-state index is 12.2. The summed E-state index contributed by atoms with van der Waals surface area (Å²) >= 11 is 0. The van der Waals surface area contributed by atoms with Crippen molar-refractivity contribution in [2.75, 3.05) is 18.4 Å². The highest BCUT2D eigenvalue weighted by Crippen LogP contribution is 2.16. The Morgan fingerprint density at radius 3 is 2.21 bits per heavy atom. The molecule has 1 N–H and O–H groups in total. The second-order valence-electron chi connectivity index (χ2n) is 5.47. The van der Waals surface area contributed by atoms with Crippen LogP contribution in [0.1, 0.15) is 25.0 Å². The van der Waals surface area contributed by atoms with Gasteiger partial charge in [-0.25, -0.2) is 4.79 Å². The number of nitrogens with one attached hydrogen (secondary N) is 1. The molecular formula is C15H22N2O2. The van der Waals surface area contributed by atoms with E-state index in [0.29, 0.717) is 13.1 Å². The van der Waals surface area contributed by atoms with Gasteiger partial charge >= 0.3 is 6.03 Å². The van der Waals surface area contributed by atoms with E-state index in [-0.39, 0.29) is 18.2 Å². The molecule has 2 atom stereocenters. The summed E-state index contributed by atoms with van der Waals surface area (Å²) in [7, 11) is 0. The van der Waals surface area contributed by atoms with E-state index in [1.807, 2.05) is 44.7 Å². The fourth-order valence-corrected chi connectivity index (χ4v) is 2.59.